The molecule has 0 atom stereocenters. The molecule has 0 unspecified atom stereocenters. The largest absolute Gasteiger partial charge is 0.379 e. The summed E-state index contributed by atoms with van der Waals surface area (Å²) in [6.45, 7) is 10.1. The highest BCUT2D eigenvalue weighted by Gasteiger charge is 2.15. The van der Waals surface area contributed by atoms with E-state index < -0.39 is 0 Å². The van der Waals surface area contributed by atoms with Gasteiger partial charge in [0.1, 0.15) is 0 Å². The van der Waals surface area contributed by atoms with E-state index in [1.54, 1.807) is 0 Å². The first-order valence-electron chi connectivity index (χ1n) is 6.60. The number of hydrogen-bond acceptors (Lipinski definition) is 4. The summed E-state index contributed by atoms with van der Waals surface area (Å²) in [4.78, 5) is 17.4. The molecule has 0 saturated carbocycles. The van der Waals surface area contributed by atoms with Gasteiger partial charge in [-0.15, -0.1) is 0 Å². The van der Waals surface area contributed by atoms with E-state index in [4.69, 9.17) is 4.74 Å². The monoisotopic (exact) mass is 241 g/mol. The normalized spacial score (nSPS) is 23.9. The Morgan fingerprint density at radius 3 is 2.06 bits per heavy atom. The fourth-order valence-electron chi connectivity index (χ4n) is 2.44. The Labute approximate surface area is 103 Å². The van der Waals surface area contributed by atoms with Gasteiger partial charge in [0.25, 0.3) is 0 Å². The maximum Gasteiger partial charge on any atom is 0.209 e. The van der Waals surface area contributed by atoms with Crippen molar-refractivity contribution in [1.29, 1.82) is 0 Å². The van der Waals surface area contributed by atoms with Gasteiger partial charge in [0.2, 0.25) is 6.41 Å². The fraction of sp³-hybridized carbons (Fsp3) is 0.917. The Hall–Kier alpha value is -0.650. The minimum atomic E-state index is 0.887. The van der Waals surface area contributed by atoms with Crippen LogP contribution in [-0.4, -0.2) is 86.7 Å². The third-order valence-corrected chi connectivity index (χ3v) is 3.61. The fourth-order valence-corrected chi connectivity index (χ4v) is 2.44. The lowest BCUT2D eigenvalue weighted by atomic mass is 10.3. The van der Waals surface area contributed by atoms with Crippen molar-refractivity contribution in [2.75, 3.05) is 65.6 Å². The van der Waals surface area contributed by atoms with Crippen LogP contribution in [0.4, 0.5) is 0 Å². The van der Waals surface area contributed by atoms with Gasteiger partial charge in [-0.05, 0) is 19.5 Å². The van der Waals surface area contributed by atoms with E-state index in [1.165, 1.54) is 13.0 Å². The molecule has 0 bridgehead atoms. The predicted octanol–water partition coefficient (Wildman–Crippen LogP) is -0.517. The zero-order valence-electron chi connectivity index (χ0n) is 10.5. The average Bonchev–Trinajstić information content (AvgIpc) is 2.41. The van der Waals surface area contributed by atoms with Gasteiger partial charge in [-0.3, -0.25) is 14.6 Å². The molecule has 0 radical (unpaired) electrons. The summed E-state index contributed by atoms with van der Waals surface area (Å²) in [5.41, 5.74) is 0. The highest BCUT2D eigenvalue weighted by molar-refractivity contribution is 5.47. The van der Waals surface area contributed by atoms with Crippen LogP contribution in [0.1, 0.15) is 6.42 Å². The number of ether oxygens (including phenoxy) is 1. The number of nitrogens with zero attached hydrogens (tertiary/aromatic N) is 3. The highest BCUT2D eigenvalue weighted by Crippen LogP contribution is 2.02. The summed E-state index contributed by atoms with van der Waals surface area (Å²) in [6, 6.07) is 0. The van der Waals surface area contributed by atoms with Crippen LogP contribution in [0.5, 0.6) is 0 Å². The van der Waals surface area contributed by atoms with Crippen molar-refractivity contribution in [3.8, 4) is 0 Å². The van der Waals surface area contributed by atoms with Crippen molar-refractivity contribution in [3.05, 3.63) is 0 Å². The molecule has 0 aromatic rings. The lowest BCUT2D eigenvalue weighted by Crippen LogP contribution is -2.46. The standard InChI is InChI=1S/C12H23N3O2/c16-12-15-6-4-13(5-7-15)2-1-3-14-8-10-17-11-9-14/h12H,1-11H2. The molecule has 2 aliphatic heterocycles. The lowest BCUT2D eigenvalue weighted by Gasteiger charge is -2.33. The summed E-state index contributed by atoms with van der Waals surface area (Å²) in [6.07, 6.45) is 2.19. The van der Waals surface area contributed by atoms with Crippen molar-refractivity contribution < 1.29 is 9.53 Å². The smallest absolute Gasteiger partial charge is 0.209 e. The molecule has 2 saturated heterocycles. The van der Waals surface area contributed by atoms with E-state index in [9.17, 15) is 4.79 Å². The summed E-state index contributed by atoms with van der Waals surface area (Å²) < 4.78 is 5.33. The number of carbonyl (C=O) groups is 1. The SMILES string of the molecule is O=CN1CCN(CCCN2CCOCC2)CC1. The van der Waals surface area contributed by atoms with Gasteiger partial charge >= 0.3 is 0 Å². The average molecular weight is 241 g/mol. The minimum Gasteiger partial charge on any atom is -0.379 e. The number of carbonyl (C=O) groups excluding carboxylic acids is 1. The number of rotatable bonds is 5. The van der Waals surface area contributed by atoms with Gasteiger partial charge in [0.15, 0.2) is 0 Å². The van der Waals surface area contributed by atoms with Crippen LogP contribution in [0.25, 0.3) is 0 Å². The maximum atomic E-state index is 10.6. The molecule has 17 heavy (non-hydrogen) atoms. The van der Waals surface area contributed by atoms with E-state index in [0.29, 0.717) is 0 Å². The Kier molecular flexibility index (Phi) is 5.22. The maximum absolute atomic E-state index is 10.6. The zero-order chi connectivity index (χ0) is 11.9. The quantitative estimate of drug-likeness (QED) is 0.607. The molecule has 2 fully saturated rings. The molecule has 0 aliphatic carbocycles. The van der Waals surface area contributed by atoms with Crippen molar-refractivity contribution in [3.63, 3.8) is 0 Å². The van der Waals surface area contributed by atoms with E-state index >= 15 is 0 Å². The van der Waals surface area contributed by atoms with E-state index in [1.807, 2.05) is 4.90 Å². The third-order valence-electron chi connectivity index (χ3n) is 3.61. The summed E-state index contributed by atoms with van der Waals surface area (Å²) in [7, 11) is 0. The van der Waals surface area contributed by atoms with Crippen LogP contribution >= 0.6 is 0 Å². The Bertz CT molecular complexity index is 224. The van der Waals surface area contributed by atoms with E-state index in [-0.39, 0.29) is 0 Å². The van der Waals surface area contributed by atoms with Gasteiger partial charge in [-0.1, -0.05) is 0 Å². The molecular formula is C12H23N3O2. The van der Waals surface area contributed by atoms with Gasteiger partial charge < -0.3 is 9.64 Å². The second kappa shape index (κ2) is 6.93. The second-order valence-electron chi connectivity index (χ2n) is 4.79. The number of amides is 1. The van der Waals surface area contributed by atoms with Crippen molar-refractivity contribution in [1.82, 2.24) is 14.7 Å². The van der Waals surface area contributed by atoms with Gasteiger partial charge in [0.05, 0.1) is 13.2 Å². The number of hydrogen-bond donors (Lipinski definition) is 0. The Balaban J connectivity index is 1.54. The van der Waals surface area contributed by atoms with Crippen molar-refractivity contribution in [2.24, 2.45) is 0 Å². The first kappa shape index (κ1) is 12.8. The van der Waals surface area contributed by atoms with E-state index in [2.05, 4.69) is 9.80 Å². The second-order valence-corrected chi connectivity index (χ2v) is 4.79. The highest BCUT2D eigenvalue weighted by atomic mass is 16.5. The lowest BCUT2D eigenvalue weighted by molar-refractivity contribution is -0.119. The molecule has 2 heterocycles. The molecule has 0 aromatic carbocycles. The molecule has 5 heteroatoms. The molecule has 1 amide bonds. The van der Waals surface area contributed by atoms with Crippen molar-refractivity contribution in [2.45, 2.75) is 6.42 Å². The number of piperazine rings is 1. The summed E-state index contributed by atoms with van der Waals surface area (Å²) in [5, 5.41) is 0. The molecule has 0 aromatic heterocycles. The molecule has 2 aliphatic rings. The Morgan fingerprint density at radius 2 is 1.47 bits per heavy atom. The van der Waals surface area contributed by atoms with Crippen LogP contribution in [0.3, 0.4) is 0 Å². The summed E-state index contributed by atoms with van der Waals surface area (Å²) in [5.74, 6) is 0. The minimum absolute atomic E-state index is 0.887. The molecular weight excluding hydrogens is 218 g/mol. The van der Waals surface area contributed by atoms with Crippen molar-refractivity contribution >= 4 is 6.41 Å². The van der Waals surface area contributed by atoms with Crippen LogP contribution < -0.4 is 0 Å². The molecule has 98 valence electrons. The van der Waals surface area contributed by atoms with Gasteiger partial charge in [0, 0.05) is 39.3 Å². The number of morpholine rings is 1. The third kappa shape index (κ3) is 4.26. The van der Waals surface area contributed by atoms with Crippen LogP contribution in [0.15, 0.2) is 0 Å². The van der Waals surface area contributed by atoms with Crippen LogP contribution in [-0.2, 0) is 9.53 Å². The molecule has 5 nitrogen and oxygen atoms in total. The van der Waals surface area contributed by atoms with Crippen LogP contribution in [0, 0.1) is 0 Å². The topological polar surface area (TPSA) is 36.0 Å². The molecule has 0 N–H and O–H groups in total. The van der Waals surface area contributed by atoms with Crippen LogP contribution in [0.2, 0.25) is 0 Å². The zero-order valence-corrected chi connectivity index (χ0v) is 10.5. The predicted molar refractivity (Wildman–Crippen MR) is 66.0 cm³/mol. The summed E-state index contributed by atoms with van der Waals surface area (Å²) >= 11 is 0. The first-order valence-corrected chi connectivity index (χ1v) is 6.60. The molecule has 0 spiro atoms. The van der Waals surface area contributed by atoms with E-state index in [0.717, 1.165) is 65.4 Å². The van der Waals surface area contributed by atoms with Gasteiger partial charge in [-0.2, -0.15) is 0 Å². The first-order chi connectivity index (χ1) is 8.38. The van der Waals surface area contributed by atoms with Gasteiger partial charge in [-0.25, -0.2) is 0 Å². The Morgan fingerprint density at radius 1 is 0.882 bits per heavy atom. The molecule has 2 rings (SSSR count).